The quantitative estimate of drug-likeness (QED) is 0.554. The van der Waals surface area contributed by atoms with E-state index < -0.39 is 0 Å². The molecule has 0 spiro atoms. The van der Waals surface area contributed by atoms with Crippen molar-refractivity contribution in [3.05, 3.63) is 101 Å². The molecule has 3 nitrogen and oxygen atoms in total. The number of aryl methyl sites for hydroxylation is 1. The van der Waals surface area contributed by atoms with Crippen LogP contribution in [0.5, 0.6) is 0 Å². The van der Waals surface area contributed by atoms with Crippen molar-refractivity contribution < 1.29 is 4.79 Å². The van der Waals surface area contributed by atoms with Crippen molar-refractivity contribution in [3.63, 3.8) is 0 Å². The average molecular weight is 433 g/mol. The van der Waals surface area contributed by atoms with Gasteiger partial charge in [-0.15, -0.1) is 12.4 Å². The maximum absolute atomic E-state index is 14.2. The van der Waals surface area contributed by atoms with Crippen molar-refractivity contribution in [2.24, 2.45) is 0 Å². The number of nitrogens with zero attached hydrogens (tertiary/aromatic N) is 2. The van der Waals surface area contributed by atoms with Crippen LogP contribution in [0.15, 0.2) is 78.9 Å². The molecular weight excluding hydrogens is 404 g/mol. The summed E-state index contributed by atoms with van der Waals surface area (Å²) in [6.45, 7) is 4.18. The van der Waals surface area contributed by atoms with E-state index in [1.54, 1.807) is 0 Å². The maximum Gasteiger partial charge on any atom is 0.239 e. The smallest absolute Gasteiger partial charge is 0.239 e. The zero-order valence-electron chi connectivity index (χ0n) is 18.1. The first-order valence-electron chi connectivity index (χ1n) is 10.9. The largest absolute Gasteiger partial charge is 0.308 e. The van der Waals surface area contributed by atoms with Gasteiger partial charge in [0.05, 0.1) is 5.92 Å². The number of carbonyl (C=O) groups is 1. The number of amides is 1. The minimum absolute atomic E-state index is 0. The molecule has 0 aromatic heterocycles. The lowest BCUT2D eigenvalue weighted by Gasteiger charge is -2.37. The van der Waals surface area contributed by atoms with Gasteiger partial charge in [0, 0.05) is 24.2 Å². The van der Waals surface area contributed by atoms with Crippen LogP contribution >= 0.6 is 12.4 Å². The molecule has 2 aliphatic heterocycles. The summed E-state index contributed by atoms with van der Waals surface area (Å²) in [7, 11) is 2.19. The molecule has 0 bridgehead atoms. The highest BCUT2D eigenvalue weighted by Gasteiger charge is 2.45. The van der Waals surface area contributed by atoms with Gasteiger partial charge in [-0.3, -0.25) is 4.79 Å². The minimum Gasteiger partial charge on any atom is -0.308 e. The Morgan fingerprint density at radius 3 is 2.16 bits per heavy atom. The summed E-state index contributed by atoms with van der Waals surface area (Å²) >= 11 is 0. The average Bonchev–Trinajstić information content (AvgIpc) is 3.08. The molecule has 31 heavy (non-hydrogen) atoms. The van der Waals surface area contributed by atoms with Gasteiger partial charge in [-0.1, -0.05) is 78.4 Å². The fourth-order valence-electron chi connectivity index (χ4n) is 5.28. The number of hydrogen-bond acceptors (Lipinski definition) is 2. The molecule has 2 heterocycles. The number of carbonyl (C=O) groups excluding carboxylic acids is 1. The topological polar surface area (TPSA) is 23.6 Å². The molecule has 1 amide bonds. The third-order valence-electron chi connectivity index (χ3n) is 6.70. The predicted octanol–water partition coefficient (Wildman–Crippen LogP) is 5.38. The van der Waals surface area contributed by atoms with Gasteiger partial charge < -0.3 is 9.80 Å². The van der Waals surface area contributed by atoms with Gasteiger partial charge >= 0.3 is 0 Å². The molecule has 0 saturated carbocycles. The molecule has 2 unspecified atom stereocenters. The van der Waals surface area contributed by atoms with E-state index in [0.29, 0.717) is 5.92 Å². The van der Waals surface area contributed by atoms with Gasteiger partial charge in [0.2, 0.25) is 5.91 Å². The first-order chi connectivity index (χ1) is 14.6. The van der Waals surface area contributed by atoms with Crippen LogP contribution < -0.4 is 4.90 Å². The van der Waals surface area contributed by atoms with E-state index >= 15 is 0 Å². The number of fused-ring (bicyclic) bond motifs is 3. The number of hydrogen-bond donors (Lipinski definition) is 0. The van der Waals surface area contributed by atoms with E-state index in [1.807, 2.05) is 36.4 Å². The number of likely N-dealkylation sites (tertiary alicyclic amines) is 1. The van der Waals surface area contributed by atoms with Gasteiger partial charge in [0.15, 0.2) is 0 Å². The van der Waals surface area contributed by atoms with E-state index in [2.05, 4.69) is 66.2 Å². The molecule has 0 radical (unpaired) electrons. The van der Waals surface area contributed by atoms with E-state index in [1.165, 1.54) is 11.1 Å². The number of halogens is 1. The van der Waals surface area contributed by atoms with Gasteiger partial charge in [0.25, 0.3) is 0 Å². The Morgan fingerprint density at radius 2 is 1.55 bits per heavy atom. The Bertz CT molecular complexity index is 1010. The highest BCUT2D eigenvalue weighted by molar-refractivity contribution is 6.02. The molecule has 0 aliphatic carbocycles. The SMILES string of the molecule is Cc1ccc2c(c1)C1CN(C)CCC1N2C(=O)C(c1ccccc1)c1ccccc1.Cl. The molecule has 3 aromatic rings. The Kier molecular flexibility index (Phi) is 6.17. The van der Waals surface area contributed by atoms with Crippen LogP contribution in [-0.2, 0) is 4.79 Å². The molecule has 3 aromatic carbocycles. The third kappa shape index (κ3) is 3.88. The van der Waals surface area contributed by atoms with Gasteiger partial charge in [-0.25, -0.2) is 0 Å². The zero-order valence-corrected chi connectivity index (χ0v) is 18.9. The molecule has 160 valence electrons. The van der Waals surface area contributed by atoms with Crippen LogP contribution in [0, 0.1) is 6.92 Å². The van der Waals surface area contributed by atoms with Crippen LogP contribution in [0.3, 0.4) is 0 Å². The summed E-state index contributed by atoms with van der Waals surface area (Å²) in [5.41, 5.74) is 5.81. The molecule has 2 aliphatic rings. The molecule has 1 fully saturated rings. The van der Waals surface area contributed by atoms with Crippen LogP contribution in [0.2, 0.25) is 0 Å². The maximum atomic E-state index is 14.2. The van der Waals surface area contributed by atoms with Crippen molar-refractivity contribution in [3.8, 4) is 0 Å². The summed E-state index contributed by atoms with van der Waals surface area (Å²) in [4.78, 5) is 18.8. The van der Waals surface area contributed by atoms with E-state index in [0.717, 1.165) is 36.3 Å². The lowest BCUT2D eigenvalue weighted by Crippen LogP contribution is -2.48. The van der Waals surface area contributed by atoms with E-state index in [-0.39, 0.29) is 30.3 Å². The fourth-order valence-corrected chi connectivity index (χ4v) is 5.28. The highest BCUT2D eigenvalue weighted by Crippen LogP contribution is 2.46. The Labute approximate surface area is 191 Å². The molecular formula is C27H29ClN2O. The standard InChI is InChI=1S/C27H28N2O.ClH/c1-19-13-14-24-22(17-19)23-18-28(2)16-15-25(23)29(24)27(30)26(20-9-5-3-6-10-20)21-11-7-4-8-12-21;/h3-14,17,23,25-26H,15-16,18H2,1-2H3;1H. The second-order valence-electron chi connectivity index (χ2n) is 8.75. The summed E-state index contributed by atoms with van der Waals surface area (Å²) in [5, 5.41) is 0. The normalized spacial score (nSPS) is 20.2. The Hall–Kier alpha value is -2.62. The zero-order chi connectivity index (χ0) is 20.7. The lowest BCUT2D eigenvalue weighted by atomic mass is 9.87. The molecule has 0 N–H and O–H groups in total. The lowest BCUT2D eigenvalue weighted by molar-refractivity contribution is -0.119. The first-order valence-corrected chi connectivity index (χ1v) is 10.9. The predicted molar refractivity (Wildman–Crippen MR) is 129 cm³/mol. The molecule has 2 atom stereocenters. The summed E-state index contributed by atoms with van der Waals surface area (Å²) in [6, 6.07) is 27.3. The van der Waals surface area contributed by atoms with Crippen LogP contribution in [0.4, 0.5) is 5.69 Å². The molecule has 4 heteroatoms. The van der Waals surface area contributed by atoms with Crippen molar-refractivity contribution in [2.75, 3.05) is 25.0 Å². The summed E-state index contributed by atoms with van der Waals surface area (Å²) in [5.74, 6) is 0.282. The van der Waals surface area contributed by atoms with Crippen LogP contribution in [0.1, 0.15) is 40.5 Å². The van der Waals surface area contributed by atoms with Crippen molar-refractivity contribution >= 4 is 24.0 Å². The molecule has 5 rings (SSSR count). The Balaban J connectivity index is 0.00000231. The second kappa shape index (κ2) is 8.86. The van der Waals surface area contributed by atoms with Gasteiger partial charge in [-0.2, -0.15) is 0 Å². The number of benzene rings is 3. The van der Waals surface area contributed by atoms with E-state index in [9.17, 15) is 4.79 Å². The molecule has 1 saturated heterocycles. The first kappa shape index (κ1) is 21.6. The van der Waals surface area contributed by atoms with Crippen LogP contribution in [0.25, 0.3) is 0 Å². The summed E-state index contributed by atoms with van der Waals surface area (Å²) in [6.07, 6.45) is 1.01. The van der Waals surface area contributed by atoms with Crippen molar-refractivity contribution in [1.29, 1.82) is 0 Å². The number of rotatable bonds is 3. The second-order valence-corrected chi connectivity index (χ2v) is 8.75. The van der Waals surface area contributed by atoms with Gasteiger partial charge in [0.1, 0.15) is 0 Å². The number of likely N-dealkylation sites (N-methyl/N-ethyl adjacent to an activating group) is 1. The van der Waals surface area contributed by atoms with Gasteiger partial charge in [-0.05, 0) is 49.7 Å². The fraction of sp³-hybridized carbons (Fsp3) is 0.296. The minimum atomic E-state index is -0.292. The number of anilines is 1. The highest BCUT2D eigenvalue weighted by atomic mass is 35.5. The summed E-state index contributed by atoms with van der Waals surface area (Å²) < 4.78 is 0. The monoisotopic (exact) mass is 432 g/mol. The van der Waals surface area contributed by atoms with Crippen molar-refractivity contribution in [1.82, 2.24) is 4.90 Å². The van der Waals surface area contributed by atoms with Crippen LogP contribution in [-0.4, -0.2) is 37.0 Å². The number of piperidine rings is 1. The van der Waals surface area contributed by atoms with E-state index in [4.69, 9.17) is 0 Å². The van der Waals surface area contributed by atoms with Crippen molar-refractivity contribution in [2.45, 2.75) is 31.2 Å². The third-order valence-corrected chi connectivity index (χ3v) is 6.70. The Morgan fingerprint density at radius 1 is 0.935 bits per heavy atom.